The average molecular weight is 275 g/mol. The largest absolute Gasteiger partial charge is 0.478 e. The molecule has 0 aliphatic carbocycles. The van der Waals surface area contributed by atoms with Gasteiger partial charge in [-0.15, -0.1) is 0 Å². The number of nitrogens with zero attached hydrogens (tertiary/aromatic N) is 3. The first kappa shape index (κ1) is 15.9. The summed E-state index contributed by atoms with van der Waals surface area (Å²) >= 11 is 0. The van der Waals surface area contributed by atoms with Crippen molar-refractivity contribution in [2.75, 3.05) is 20.6 Å². The standard InChI is InChI=1S/C15H21N3O2/c1-5-6-18(4)11(2)14(10-16-3)12-7-13(15(19)20)9-17-8-12/h7-10H,5-6H2,1-4H3,(H,19,20)/b14-11-,16-10?. The molecule has 0 saturated carbocycles. The van der Waals surface area contributed by atoms with E-state index in [1.165, 1.54) is 6.20 Å². The third-order valence-corrected chi connectivity index (χ3v) is 3.08. The van der Waals surface area contributed by atoms with Crippen LogP contribution in [-0.4, -0.2) is 47.8 Å². The molecular formula is C15H21N3O2. The molecular weight excluding hydrogens is 254 g/mol. The molecule has 108 valence electrons. The lowest BCUT2D eigenvalue weighted by Gasteiger charge is -2.21. The van der Waals surface area contributed by atoms with Crippen molar-refractivity contribution in [2.24, 2.45) is 4.99 Å². The minimum absolute atomic E-state index is 0.176. The highest BCUT2D eigenvalue weighted by atomic mass is 16.4. The molecule has 0 fully saturated rings. The van der Waals surface area contributed by atoms with Gasteiger partial charge in [-0.1, -0.05) is 6.92 Å². The van der Waals surface area contributed by atoms with Gasteiger partial charge in [-0.2, -0.15) is 0 Å². The van der Waals surface area contributed by atoms with Crippen molar-refractivity contribution in [3.63, 3.8) is 0 Å². The van der Waals surface area contributed by atoms with E-state index in [0.717, 1.165) is 29.8 Å². The lowest BCUT2D eigenvalue weighted by atomic mass is 10.0. The van der Waals surface area contributed by atoms with E-state index in [1.807, 2.05) is 14.0 Å². The van der Waals surface area contributed by atoms with Crippen LogP contribution in [0.25, 0.3) is 5.57 Å². The van der Waals surface area contributed by atoms with Gasteiger partial charge in [-0.3, -0.25) is 9.98 Å². The van der Waals surface area contributed by atoms with Crippen LogP contribution >= 0.6 is 0 Å². The minimum atomic E-state index is -0.980. The Kier molecular flexibility index (Phi) is 5.90. The summed E-state index contributed by atoms with van der Waals surface area (Å²) in [5, 5.41) is 9.05. The van der Waals surface area contributed by atoms with E-state index in [2.05, 4.69) is 21.8 Å². The Labute approximate surface area is 119 Å². The molecule has 0 saturated heterocycles. The van der Waals surface area contributed by atoms with E-state index in [1.54, 1.807) is 25.5 Å². The molecule has 1 aromatic rings. The van der Waals surface area contributed by atoms with Gasteiger partial charge in [-0.25, -0.2) is 4.79 Å². The fourth-order valence-electron chi connectivity index (χ4n) is 1.92. The second-order valence-electron chi connectivity index (χ2n) is 4.58. The number of aliphatic imine (C=N–C) groups is 1. The summed E-state index contributed by atoms with van der Waals surface area (Å²) in [6.07, 6.45) is 5.78. The summed E-state index contributed by atoms with van der Waals surface area (Å²) in [7, 11) is 3.71. The minimum Gasteiger partial charge on any atom is -0.478 e. The monoisotopic (exact) mass is 275 g/mol. The summed E-state index contributed by atoms with van der Waals surface area (Å²) in [4.78, 5) is 21.2. The van der Waals surface area contributed by atoms with E-state index >= 15 is 0 Å². The maximum atomic E-state index is 11.0. The summed E-state index contributed by atoms with van der Waals surface area (Å²) in [5.41, 5.74) is 2.87. The Hall–Kier alpha value is -2.17. The molecule has 0 aliphatic rings. The molecule has 1 N–H and O–H groups in total. The molecule has 0 aliphatic heterocycles. The quantitative estimate of drug-likeness (QED) is 0.810. The van der Waals surface area contributed by atoms with Gasteiger partial charge in [0.2, 0.25) is 0 Å². The van der Waals surface area contributed by atoms with Gasteiger partial charge in [0.05, 0.1) is 5.56 Å². The first-order valence-corrected chi connectivity index (χ1v) is 6.54. The average Bonchev–Trinajstić information content (AvgIpc) is 2.44. The Bertz CT molecular complexity index is 536. The Morgan fingerprint density at radius 3 is 2.65 bits per heavy atom. The first-order chi connectivity index (χ1) is 9.51. The fourth-order valence-corrected chi connectivity index (χ4v) is 1.92. The first-order valence-electron chi connectivity index (χ1n) is 6.54. The molecule has 0 amide bonds. The SMILES string of the molecule is CCCN(C)/C(C)=C(/C=NC)c1cncc(C(=O)O)c1. The Balaban J connectivity index is 3.30. The zero-order chi connectivity index (χ0) is 15.1. The molecule has 0 atom stereocenters. The number of rotatable bonds is 6. The molecule has 1 rings (SSSR count). The van der Waals surface area contributed by atoms with Crippen molar-refractivity contribution >= 4 is 17.8 Å². The molecule has 0 bridgehead atoms. The smallest absolute Gasteiger partial charge is 0.337 e. The summed E-state index contributed by atoms with van der Waals surface area (Å²) in [6.45, 7) is 5.04. The van der Waals surface area contributed by atoms with Crippen LogP contribution < -0.4 is 0 Å². The number of carboxylic acids is 1. The molecule has 0 spiro atoms. The van der Waals surface area contributed by atoms with Gasteiger partial charge < -0.3 is 10.0 Å². The van der Waals surface area contributed by atoms with Crippen molar-refractivity contribution in [3.8, 4) is 0 Å². The Morgan fingerprint density at radius 2 is 2.10 bits per heavy atom. The van der Waals surface area contributed by atoms with Crippen molar-refractivity contribution in [1.29, 1.82) is 0 Å². The zero-order valence-corrected chi connectivity index (χ0v) is 12.4. The van der Waals surface area contributed by atoms with Gasteiger partial charge in [0.1, 0.15) is 0 Å². The van der Waals surface area contributed by atoms with Crippen molar-refractivity contribution < 1.29 is 9.90 Å². The van der Waals surface area contributed by atoms with Crippen molar-refractivity contribution in [2.45, 2.75) is 20.3 Å². The van der Waals surface area contributed by atoms with Crippen molar-refractivity contribution in [1.82, 2.24) is 9.88 Å². The molecule has 1 aromatic heterocycles. The van der Waals surface area contributed by atoms with Crippen LogP contribution in [0, 0.1) is 0 Å². The van der Waals surface area contributed by atoms with Gasteiger partial charge in [0, 0.05) is 56.1 Å². The van der Waals surface area contributed by atoms with Crippen LogP contribution in [0.3, 0.4) is 0 Å². The van der Waals surface area contributed by atoms with E-state index in [0.29, 0.717) is 0 Å². The van der Waals surface area contributed by atoms with Crippen molar-refractivity contribution in [3.05, 3.63) is 35.3 Å². The molecule has 5 nitrogen and oxygen atoms in total. The predicted molar refractivity (Wildman–Crippen MR) is 81.1 cm³/mol. The third-order valence-electron chi connectivity index (χ3n) is 3.08. The lowest BCUT2D eigenvalue weighted by Crippen LogP contribution is -2.18. The third kappa shape index (κ3) is 3.91. The number of pyridine rings is 1. The second kappa shape index (κ2) is 7.43. The number of hydrogen-bond donors (Lipinski definition) is 1. The zero-order valence-electron chi connectivity index (χ0n) is 12.4. The highest BCUT2D eigenvalue weighted by Gasteiger charge is 2.11. The van der Waals surface area contributed by atoms with Gasteiger partial charge in [-0.05, 0) is 19.4 Å². The summed E-state index contributed by atoms with van der Waals surface area (Å²) in [6, 6.07) is 1.62. The normalized spacial score (nSPS) is 12.4. The summed E-state index contributed by atoms with van der Waals surface area (Å²) in [5.74, 6) is -0.980. The second-order valence-corrected chi connectivity index (χ2v) is 4.58. The van der Waals surface area contributed by atoms with Crippen LogP contribution in [0.15, 0.2) is 29.1 Å². The maximum absolute atomic E-state index is 11.0. The maximum Gasteiger partial charge on any atom is 0.337 e. The molecule has 0 radical (unpaired) electrons. The highest BCUT2D eigenvalue weighted by molar-refractivity contribution is 6.11. The Morgan fingerprint density at radius 1 is 1.45 bits per heavy atom. The lowest BCUT2D eigenvalue weighted by molar-refractivity contribution is 0.0696. The molecule has 0 aromatic carbocycles. The van der Waals surface area contributed by atoms with E-state index in [-0.39, 0.29) is 5.56 Å². The van der Waals surface area contributed by atoms with E-state index < -0.39 is 5.97 Å². The van der Waals surface area contributed by atoms with Gasteiger partial charge in [0.25, 0.3) is 0 Å². The van der Waals surface area contributed by atoms with Crippen LogP contribution in [0.1, 0.15) is 36.2 Å². The number of hydrogen-bond acceptors (Lipinski definition) is 4. The number of aromatic nitrogens is 1. The molecule has 0 unspecified atom stereocenters. The van der Waals surface area contributed by atoms with Crippen LogP contribution in [0.4, 0.5) is 0 Å². The summed E-state index contributed by atoms with van der Waals surface area (Å²) < 4.78 is 0. The van der Waals surface area contributed by atoms with E-state index in [4.69, 9.17) is 5.11 Å². The van der Waals surface area contributed by atoms with Crippen LogP contribution in [-0.2, 0) is 0 Å². The predicted octanol–water partition coefficient (Wildman–Crippen LogP) is 2.55. The molecule has 5 heteroatoms. The van der Waals surface area contributed by atoms with Crippen LogP contribution in [0.2, 0.25) is 0 Å². The highest BCUT2D eigenvalue weighted by Crippen LogP contribution is 2.19. The molecule has 20 heavy (non-hydrogen) atoms. The van der Waals surface area contributed by atoms with Crippen LogP contribution in [0.5, 0.6) is 0 Å². The van der Waals surface area contributed by atoms with Gasteiger partial charge in [0.15, 0.2) is 0 Å². The fraction of sp³-hybridized carbons (Fsp3) is 0.400. The van der Waals surface area contributed by atoms with Gasteiger partial charge >= 0.3 is 5.97 Å². The molecule has 1 heterocycles. The number of carboxylic acid groups (broad SMARTS) is 1. The number of allylic oxidation sites excluding steroid dienone is 2. The number of carbonyl (C=O) groups is 1. The number of aromatic carboxylic acids is 1. The van der Waals surface area contributed by atoms with E-state index in [9.17, 15) is 4.79 Å². The topological polar surface area (TPSA) is 65.8 Å².